The molecule has 0 N–H and O–H groups in total. The highest BCUT2D eigenvalue weighted by Gasteiger charge is 2.17. The number of hydrogen-bond donors (Lipinski definition) is 0. The Balaban J connectivity index is 2.65. The summed E-state index contributed by atoms with van der Waals surface area (Å²) in [4.78, 5) is 0. The van der Waals surface area contributed by atoms with Gasteiger partial charge in [-0.1, -0.05) is 0 Å². The third-order valence-electron chi connectivity index (χ3n) is 1.36. The Kier molecular flexibility index (Phi) is 3.39. The molecule has 1 atom stereocenters. The summed E-state index contributed by atoms with van der Waals surface area (Å²) in [5.41, 5.74) is 1.02. The molecular weight excluding hydrogens is 202 g/mol. The molecule has 0 aromatic carbocycles. The van der Waals surface area contributed by atoms with Crippen molar-refractivity contribution >= 4 is 28.5 Å². The van der Waals surface area contributed by atoms with Gasteiger partial charge in [0.1, 0.15) is 11.0 Å². The van der Waals surface area contributed by atoms with Gasteiger partial charge < -0.3 is 0 Å². The first-order chi connectivity index (χ1) is 6.00. The van der Waals surface area contributed by atoms with Crippen LogP contribution in [0.15, 0.2) is 21.2 Å². The van der Waals surface area contributed by atoms with Crippen molar-refractivity contribution in [3.05, 3.63) is 22.4 Å². The normalized spacial score (nSPS) is 15.0. The van der Waals surface area contributed by atoms with Crippen molar-refractivity contribution in [2.45, 2.75) is 25.5 Å². The fourth-order valence-electron chi connectivity index (χ4n) is 0.615. The first kappa shape index (κ1) is 10.6. The van der Waals surface area contributed by atoms with Gasteiger partial charge in [-0.3, -0.25) is 0 Å². The van der Waals surface area contributed by atoms with Crippen LogP contribution < -0.4 is 0 Å². The number of hydrogen-bond acceptors (Lipinski definition) is 2. The third kappa shape index (κ3) is 3.40. The molecule has 0 radical (unpaired) electrons. The smallest absolute Gasteiger partial charge is 0.144 e. The van der Waals surface area contributed by atoms with Crippen molar-refractivity contribution in [3.63, 3.8) is 0 Å². The van der Waals surface area contributed by atoms with Crippen molar-refractivity contribution in [2.24, 2.45) is 4.40 Å². The minimum Gasteiger partial charge on any atom is -0.234 e. The molecule has 0 saturated carbocycles. The molecule has 4 heteroatoms. The minimum atomic E-state index is -1.15. The van der Waals surface area contributed by atoms with Gasteiger partial charge in [-0.2, -0.15) is 15.7 Å². The van der Waals surface area contributed by atoms with Gasteiger partial charge in [0.05, 0.1) is 4.75 Å². The average molecular weight is 215 g/mol. The van der Waals surface area contributed by atoms with Crippen molar-refractivity contribution in [3.8, 4) is 0 Å². The molecule has 0 bridgehead atoms. The van der Waals surface area contributed by atoms with E-state index in [4.69, 9.17) is 0 Å². The van der Waals surface area contributed by atoms with Crippen molar-refractivity contribution in [1.82, 2.24) is 0 Å². The van der Waals surface area contributed by atoms with Gasteiger partial charge in [-0.05, 0) is 37.6 Å². The van der Waals surface area contributed by atoms with Crippen LogP contribution in [-0.4, -0.2) is 15.2 Å². The van der Waals surface area contributed by atoms with E-state index in [1.165, 1.54) is 0 Å². The highest BCUT2D eigenvalue weighted by Crippen LogP contribution is 2.12. The van der Waals surface area contributed by atoms with E-state index < -0.39 is 11.0 Å². The summed E-state index contributed by atoms with van der Waals surface area (Å²) >= 11 is 1.61. The molecule has 0 aliphatic carbocycles. The lowest BCUT2D eigenvalue weighted by Crippen LogP contribution is -2.19. The molecule has 13 heavy (non-hydrogen) atoms. The van der Waals surface area contributed by atoms with E-state index in [1.807, 2.05) is 37.6 Å². The van der Waals surface area contributed by atoms with E-state index in [2.05, 4.69) is 4.40 Å². The van der Waals surface area contributed by atoms with Crippen LogP contribution in [0.4, 0.5) is 0 Å². The molecule has 1 heterocycles. The van der Waals surface area contributed by atoms with Crippen molar-refractivity contribution in [2.75, 3.05) is 0 Å². The van der Waals surface area contributed by atoms with Gasteiger partial charge in [0.25, 0.3) is 0 Å². The van der Waals surface area contributed by atoms with Gasteiger partial charge in [0.15, 0.2) is 0 Å². The summed E-state index contributed by atoms with van der Waals surface area (Å²) in [6.07, 6.45) is 1.66. The second kappa shape index (κ2) is 4.15. The van der Waals surface area contributed by atoms with Crippen LogP contribution in [0.2, 0.25) is 0 Å². The Bertz CT molecular complexity index is 309. The lowest BCUT2D eigenvalue weighted by atomic mass is 10.3. The molecule has 0 spiro atoms. The molecule has 1 rings (SSSR count). The Hall–Kier alpha value is -0.480. The fourth-order valence-corrected chi connectivity index (χ4v) is 1.76. The van der Waals surface area contributed by atoms with Crippen LogP contribution in [-0.2, 0) is 11.0 Å². The zero-order valence-electron chi connectivity index (χ0n) is 7.98. The third-order valence-corrected chi connectivity index (χ3v) is 3.41. The second-order valence-electron chi connectivity index (χ2n) is 3.65. The van der Waals surface area contributed by atoms with E-state index in [0.29, 0.717) is 0 Å². The second-order valence-corrected chi connectivity index (χ2v) is 6.37. The van der Waals surface area contributed by atoms with Crippen LogP contribution in [0.5, 0.6) is 0 Å². The molecular formula is C9H13NOS2. The lowest BCUT2D eigenvalue weighted by molar-refractivity contribution is 0.651. The van der Waals surface area contributed by atoms with Gasteiger partial charge >= 0.3 is 0 Å². The standard InChI is InChI=1S/C9H13NOS2/c1-9(2,3)13(11)10-6-8-4-5-12-7-8/h4-7H,1-3H3/b10-6+/t13-/m0/s1. The van der Waals surface area contributed by atoms with Crippen molar-refractivity contribution < 1.29 is 4.21 Å². The summed E-state index contributed by atoms with van der Waals surface area (Å²) in [6.45, 7) is 5.73. The maximum Gasteiger partial charge on any atom is 0.144 e. The minimum absolute atomic E-state index is 0.271. The SMILES string of the molecule is CC(C)(C)[S@](=O)/N=C/c1ccsc1. The summed E-state index contributed by atoms with van der Waals surface area (Å²) in [5.74, 6) is 0. The van der Waals surface area contributed by atoms with Crippen LogP contribution in [0.1, 0.15) is 26.3 Å². The first-order valence-electron chi connectivity index (χ1n) is 3.98. The Labute approximate surface area is 85.3 Å². The van der Waals surface area contributed by atoms with Crippen LogP contribution in [0.3, 0.4) is 0 Å². The molecule has 0 fully saturated rings. The van der Waals surface area contributed by atoms with Gasteiger partial charge in [0, 0.05) is 11.8 Å². The molecule has 72 valence electrons. The molecule has 1 aromatic heterocycles. The quantitative estimate of drug-likeness (QED) is 0.697. The Morgan fingerprint density at radius 1 is 1.54 bits per heavy atom. The zero-order valence-corrected chi connectivity index (χ0v) is 9.61. The lowest BCUT2D eigenvalue weighted by Gasteiger charge is -2.12. The Morgan fingerprint density at radius 3 is 2.69 bits per heavy atom. The van der Waals surface area contributed by atoms with Gasteiger partial charge in [-0.25, -0.2) is 4.21 Å². The topological polar surface area (TPSA) is 29.4 Å². The molecule has 0 amide bonds. The van der Waals surface area contributed by atoms with Crippen LogP contribution in [0.25, 0.3) is 0 Å². The first-order valence-corrected chi connectivity index (χ1v) is 6.03. The summed E-state index contributed by atoms with van der Waals surface area (Å²) in [7, 11) is -1.15. The average Bonchev–Trinajstić information content (AvgIpc) is 2.50. The summed E-state index contributed by atoms with van der Waals surface area (Å²) in [6, 6.07) is 1.95. The largest absolute Gasteiger partial charge is 0.234 e. The zero-order chi connectivity index (χ0) is 9.90. The Morgan fingerprint density at radius 2 is 2.23 bits per heavy atom. The van der Waals surface area contributed by atoms with E-state index in [0.717, 1.165) is 5.56 Å². The number of thiophene rings is 1. The maximum absolute atomic E-state index is 11.5. The molecule has 0 unspecified atom stereocenters. The van der Waals surface area contributed by atoms with Crippen LogP contribution >= 0.6 is 11.3 Å². The predicted octanol–water partition coefficient (Wildman–Crippen LogP) is 2.63. The molecule has 2 nitrogen and oxygen atoms in total. The van der Waals surface area contributed by atoms with E-state index in [9.17, 15) is 4.21 Å². The molecule has 0 aliphatic rings. The maximum atomic E-state index is 11.5. The number of nitrogens with zero attached hydrogens (tertiary/aromatic N) is 1. The van der Waals surface area contributed by atoms with Crippen LogP contribution in [0, 0.1) is 0 Å². The molecule has 0 aliphatic heterocycles. The van der Waals surface area contributed by atoms with E-state index in [-0.39, 0.29) is 4.75 Å². The van der Waals surface area contributed by atoms with E-state index >= 15 is 0 Å². The summed E-state index contributed by atoms with van der Waals surface area (Å²) < 4.78 is 15.2. The predicted molar refractivity (Wildman–Crippen MR) is 59.8 cm³/mol. The van der Waals surface area contributed by atoms with Gasteiger partial charge in [0.2, 0.25) is 0 Å². The monoisotopic (exact) mass is 215 g/mol. The molecule has 1 aromatic rings. The highest BCUT2D eigenvalue weighted by molar-refractivity contribution is 7.85. The number of rotatable bonds is 2. The van der Waals surface area contributed by atoms with Gasteiger partial charge in [-0.15, -0.1) is 0 Å². The van der Waals surface area contributed by atoms with E-state index in [1.54, 1.807) is 17.6 Å². The fraction of sp³-hybridized carbons (Fsp3) is 0.444. The highest BCUT2D eigenvalue weighted by atomic mass is 32.2. The molecule has 0 saturated heterocycles. The summed E-state index contributed by atoms with van der Waals surface area (Å²) in [5, 5.41) is 3.95. The van der Waals surface area contributed by atoms with Crippen molar-refractivity contribution in [1.29, 1.82) is 0 Å².